The third kappa shape index (κ3) is 3.46. The quantitative estimate of drug-likeness (QED) is 0.693. The number of carbonyl (C=O) groups excluding carboxylic acids is 1. The van der Waals surface area contributed by atoms with E-state index < -0.39 is 10.0 Å². The summed E-state index contributed by atoms with van der Waals surface area (Å²) in [5.74, 6) is -0.0498. The lowest BCUT2D eigenvalue weighted by atomic mass is 10.2. The maximum Gasteiger partial charge on any atom is 0.242 e. The number of rotatable bonds is 4. The van der Waals surface area contributed by atoms with Crippen LogP contribution in [0.15, 0.2) is 27.6 Å². The van der Waals surface area contributed by atoms with Crippen molar-refractivity contribution in [2.75, 3.05) is 12.3 Å². The predicted octanol–water partition coefficient (Wildman–Crippen LogP) is 0.588. The Morgan fingerprint density at radius 2 is 2.21 bits per heavy atom. The molecule has 19 heavy (non-hydrogen) atoms. The average molecular weight is 348 g/mol. The Kier molecular flexibility index (Phi) is 4.12. The highest BCUT2D eigenvalue weighted by Crippen LogP contribution is 2.22. The van der Waals surface area contributed by atoms with Crippen LogP contribution in [0.5, 0.6) is 0 Å². The molecule has 1 unspecified atom stereocenters. The molecule has 0 aliphatic carbocycles. The van der Waals surface area contributed by atoms with Gasteiger partial charge in [0.05, 0.1) is 5.69 Å². The van der Waals surface area contributed by atoms with Crippen LogP contribution in [0.1, 0.15) is 12.8 Å². The highest BCUT2D eigenvalue weighted by molar-refractivity contribution is 9.10. The number of sulfonamides is 1. The minimum Gasteiger partial charge on any atom is -0.398 e. The number of carbonyl (C=O) groups is 1. The Bertz CT molecular complexity index is 603. The van der Waals surface area contributed by atoms with Crippen LogP contribution in [-0.4, -0.2) is 26.9 Å². The van der Waals surface area contributed by atoms with E-state index in [-0.39, 0.29) is 29.1 Å². The largest absolute Gasteiger partial charge is 0.398 e. The first-order chi connectivity index (χ1) is 8.88. The number of nitrogens with two attached hydrogens (primary N) is 1. The lowest BCUT2D eigenvalue weighted by Crippen LogP contribution is -2.38. The molecule has 0 bridgehead atoms. The van der Waals surface area contributed by atoms with Gasteiger partial charge in [0, 0.05) is 23.5 Å². The van der Waals surface area contributed by atoms with Crippen LogP contribution in [0.3, 0.4) is 0 Å². The van der Waals surface area contributed by atoms with E-state index in [0.717, 1.165) is 0 Å². The zero-order valence-corrected chi connectivity index (χ0v) is 12.4. The lowest BCUT2D eigenvalue weighted by molar-refractivity contribution is -0.119. The van der Waals surface area contributed by atoms with Gasteiger partial charge in [-0.2, -0.15) is 0 Å². The first-order valence-corrected chi connectivity index (χ1v) is 8.00. The van der Waals surface area contributed by atoms with Gasteiger partial charge in [-0.15, -0.1) is 0 Å². The number of amides is 1. The topological polar surface area (TPSA) is 101 Å². The van der Waals surface area contributed by atoms with Crippen LogP contribution in [0.4, 0.5) is 5.69 Å². The van der Waals surface area contributed by atoms with Gasteiger partial charge in [-0.25, -0.2) is 13.1 Å². The van der Waals surface area contributed by atoms with Crippen molar-refractivity contribution in [1.29, 1.82) is 0 Å². The summed E-state index contributed by atoms with van der Waals surface area (Å²) in [4.78, 5) is 11.1. The smallest absolute Gasteiger partial charge is 0.242 e. The maximum absolute atomic E-state index is 12.1. The molecule has 2 rings (SSSR count). The summed E-state index contributed by atoms with van der Waals surface area (Å²) in [5.41, 5.74) is 5.86. The maximum atomic E-state index is 12.1. The van der Waals surface area contributed by atoms with Gasteiger partial charge in [0.25, 0.3) is 0 Å². The molecular formula is C11H14BrN3O3S. The van der Waals surface area contributed by atoms with Crippen molar-refractivity contribution in [1.82, 2.24) is 10.0 Å². The summed E-state index contributed by atoms with van der Waals surface area (Å²) in [6, 6.07) is 4.49. The van der Waals surface area contributed by atoms with E-state index in [1.54, 1.807) is 6.07 Å². The molecule has 8 heteroatoms. The molecular weight excluding hydrogens is 334 g/mol. The number of benzene rings is 1. The third-order valence-corrected chi connectivity index (χ3v) is 4.84. The minimum absolute atomic E-state index is 0.0335. The van der Waals surface area contributed by atoms with Crippen molar-refractivity contribution in [2.45, 2.75) is 23.8 Å². The molecule has 4 N–H and O–H groups in total. The van der Waals surface area contributed by atoms with E-state index in [4.69, 9.17) is 5.73 Å². The van der Waals surface area contributed by atoms with Crippen molar-refractivity contribution < 1.29 is 13.2 Å². The fourth-order valence-electron chi connectivity index (χ4n) is 1.86. The molecule has 1 aromatic carbocycles. The van der Waals surface area contributed by atoms with Gasteiger partial charge < -0.3 is 11.1 Å². The molecule has 1 amide bonds. The second-order valence-corrected chi connectivity index (χ2v) is 6.99. The fourth-order valence-corrected chi connectivity index (χ4v) is 3.61. The van der Waals surface area contributed by atoms with Crippen LogP contribution in [0.2, 0.25) is 0 Å². The van der Waals surface area contributed by atoms with E-state index in [2.05, 4.69) is 26.0 Å². The summed E-state index contributed by atoms with van der Waals surface area (Å²) in [7, 11) is -3.67. The van der Waals surface area contributed by atoms with Gasteiger partial charge in [-0.3, -0.25) is 4.79 Å². The van der Waals surface area contributed by atoms with Crippen LogP contribution in [0.25, 0.3) is 0 Å². The summed E-state index contributed by atoms with van der Waals surface area (Å²) in [6.07, 6.45) is 1.07. The molecule has 1 saturated heterocycles. The molecule has 1 aliphatic heterocycles. The van der Waals surface area contributed by atoms with Crippen LogP contribution in [0, 0.1) is 0 Å². The second kappa shape index (κ2) is 5.48. The molecule has 6 nitrogen and oxygen atoms in total. The van der Waals surface area contributed by atoms with Crippen LogP contribution < -0.4 is 15.8 Å². The van der Waals surface area contributed by atoms with Gasteiger partial charge in [0.2, 0.25) is 15.9 Å². The molecule has 1 fully saturated rings. The van der Waals surface area contributed by atoms with Crippen molar-refractivity contribution in [3.05, 3.63) is 22.7 Å². The van der Waals surface area contributed by atoms with Gasteiger partial charge in [0.15, 0.2) is 0 Å². The molecule has 0 spiro atoms. The highest BCUT2D eigenvalue weighted by Gasteiger charge is 2.24. The second-order valence-electron chi connectivity index (χ2n) is 4.34. The molecule has 104 valence electrons. The van der Waals surface area contributed by atoms with Crippen molar-refractivity contribution in [3.8, 4) is 0 Å². The normalized spacial score (nSPS) is 19.4. The molecule has 1 atom stereocenters. The highest BCUT2D eigenvalue weighted by atomic mass is 79.9. The van der Waals surface area contributed by atoms with E-state index in [0.29, 0.717) is 17.3 Å². The average Bonchev–Trinajstić information content (AvgIpc) is 2.76. The number of hydrogen-bond acceptors (Lipinski definition) is 4. The molecule has 0 aromatic heterocycles. The van der Waals surface area contributed by atoms with Crippen molar-refractivity contribution in [2.24, 2.45) is 0 Å². The first kappa shape index (κ1) is 14.3. The Balaban J connectivity index is 2.10. The van der Waals surface area contributed by atoms with E-state index in [1.807, 2.05) is 0 Å². The number of hydrogen-bond donors (Lipinski definition) is 3. The fraction of sp³-hybridized carbons (Fsp3) is 0.364. The molecule has 1 aromatic rings. The van der Waals surface area contributed by atoms with Gasteiger partial charge >= 0.3 is 0 Å². The number of halogens is 1. The molecule has 0 radical (unpaired) electrons. The van der Waals surface area contributed by atoms with Gasteiger partial charge in [-0.05, 0) is 24.6 Å². The monoisotopic (exact) mass is 347 g/mol. The zero-order chi connectivity index (χ0) is 14.0. The summed E-state index contributed by atoms with van der Waals surface area (Å²) in [6.45, 7) is 0.167. The van der Waals surface area contributed by atoms with Gasteiger partial charge in [0.1, 0.15) is 4.90 Å². The zero-order valence-electron chi connectivity index (χ0n) is 10.0. The number of nitrogens with one attached hydrogen (secondary N) is 2. The van der Waals surface area contributed by atoms with E-state index >= 15 is 0 Å². The predicted molar refractivity (Wildman–Crippen MR) is 74.9 cm³/mol. The Morgan fingerprint density at radius 3 is 2.84 bits per heavy atom. The van der Waals surface area contributed by atoms with Crippen molar-refractivity contribution in [3.63, 3.8) is 0 Å². The third-order valence-electron chi connectivity index (χ3n) is 2.87. The van der Waals surface area contributed by atoms with Crippen LogP contribution >= 0.6 is 15.9 Å². The van der Waals surface area contributed by atoms with Gasteiger partial charge in [-0.1, -0.05) is 15.9 Å². The van der Waals surface area contributed by atoms with Crippen LogP contribution in [-0.2, 0) is 14.8 Å². The summed E-state index contributed by atoms with van der Waals surface area (Å²) >= 11 is 3.21. The molecule has 1 aliphatic rings. The Labute approximate surface area is 119 Å². The Morgan fingerprint density at radius 1 is 1.47 bits per heavy atom. The van der Waals surface area contributed by atoms with E-state index in [1.165, 1.54) is 12.1 Å². The standard InChI is InChI=1S/C11H14BrN3O3S/c12-7-1-3-9(13)10(5-7)19(17,18)14-6-8-2-4-11(16)15-8/h1,3,5,8,14H,2,4,6,13H2,(H,15,16). The number of anilines is 1. The minimum atomic E-state index is -3.67. The lowest BCUT2D eigenvalue weighted by Gasteiger charge is -2.13. The number of nitrogen functional groups attached to an aromatic ring is 1. The Hall–Kier alpha value is -1.12. The molecule has 1 heterocycles. The van der Waals surface area contributed by atoms with E-state index in [9.17, 15) is 13.2 Å². The molecule has 0 saturated carbocycles. The SMILES string of the molecule is Nc1ccc(Br)cc1S(=O)(=O)NCC1CCC(=O)N1. The van der Waals surface area contributed by atoms with Crippen molar-refractivity contribution >= 4 is 37.5 Å². The summed E-state index contributed by atoms with van der Waals surface area (Å²) < 4.78 is 27.3. The first-order valence-electron chi connectivity index (χ1n) is 5.72. The summed E-state index contributed by atoms with van der Waals surface area (Å²) in [5, 5.41) is 2.70.